The summed E-state index contributed by atoms with van der Waals surface area (Å²) in [6.07, 6.45) is -2.98. The van der Waals surface area contributed by atoms with Crippen LogP contribution in [0.25, 0.3) is 0 Å². The number of H-pyrrole nitrogens is 1. The standard InChI is InChI=1S/C10H12N2O8.C6H5NO2/c13-2-4-6(15)7(16)8(20-4)12-3(9(17)18)1-5(14)11-10(12)19;8-6(9)5-2-1-3-7-4-5/h1,4,6-8,13,15-16H,2H2,(H,17,18)(H,11,14,19);1-4H,(H,8,9)/t4-,6-,7-,8-;/m1./s1. The Balaban J connectivity index is 0.000000278. The van der Waals surface area contributed by atoms with Crippen LogP contribution in [0.15, 0.2) is 40.2 Å². The van der Waals surface area contributed by atoms with E-state index in [1.54, 1.807) is 6.07 Å². The Bertz CT molecular complexity index is 986. The fraction of sp³-hybridized carbons (Fsp3) is 0.312. The maximum absolute atomic E-state index is 11.7. The number of pyridine rings is 1. The molecule has 13 heteroatoms. The number of carbonyl (C=O) groups is 2. The lowest BCUT2D eigenvalue weighted by atomic mass is 10.1. The second kappa shape index (κ2) is 9.20. The number of hydrogen-bond donors (Lipinski definition) is 6. The fourth-order valence-electron chi connectivity index (χ4n) is 2.50. The molecule has 156 valence electrons. The maximum atomic E-state index is 11.7. The highest BCUT2D eigenvalue weighted by Crippen LogP contribution is 2.28. The molecule has 0 unspecified atom stereocenters. The van der Waals surface area contributed by atoms with Crippen LogP contribution in [-0.4, -0.2) is 76.9 Å². The Labute approximate surface area is 161 Å². The summed E-state index contributed by atoms with van der Waals surface area (Å²) < 4.78 is 5.57. The molecule has 1 aliphatic rings. The first kappa shape index (κ1) is 21.9. The lowest BCUT2D eigenvalue weighted by Crippen LogP contribution is -2.40. The number of carboxylic acids is 2. The summed E-state index contributed by atoms with van der Waals surface area (Å²) in [5.74, 6) is -2.52. The number of aromatic nitrogens is 3. The van der Waals surface area contributed by atoms with Gasteiger partial charge in [-0.3, -0.25) is 19.3 Å². The van der Waals surface area contributed by atoms with Crippen molar-refractivity contribution in [3.05, 3.63) is 62.7 Å². The van der Waals surface area contributed by atoms with Gasteiger partial charge in [0.05, 0.1) is 12.2 Å². The van der Waals surface area contributed by atoms with Crippen molar-refractivity contribution in [2.24, 2.45) is 0 Å². The van der Waals surface area contributed by atoms with E-state index in [2.05, 4.69) is 4.98 Å². The Kier molecular flexibility index (Phi) is 6.95. The van der Waals surface area contributed by atoms with E-state index in [0.717, 1.165) is 0 Å². The number of nitrogens with zero attached hydrogens (tertiary/aromatic N) is 2. The normalized spacial score (nSPS) is 23.1. The summed E-state index contributed by atoms with van der Waals surface area (Å²) in [5.41, 5.74) is -2.51. The van der Waals surface area contributed by atoms with Crippen LogP contribution < -0.4 is 11.2 Å². The third-order valence-corrected chi connectivity index (χ3v) is 3.88. The van der Waals surface area contributed by atoms with Crippen molar-refractivity contribution >= 4 is 11.9 Å². The first-order valence-corrected chi connectivity index (χ1v) is 8.02. The van der Waals surface area contributed by atoms with Gasteiger partial charge in [0, 0.05) is 18.5 Å². The van der Waals surface area contributed by atoms with Crippen LogP contribution in [0.5, 0.6) is 0 Å². The Morgan fingerprint density at radius 2 is 1.86 bits per heavy atom. The van der Waals surface area contributed by atoms with Crippen molar-refractivity contribution in [2.45, 2.75) is 24.5 Å². The van der Waals surface area contributed by atoms with E-state index < -0.39 is 60.0 Å². The highest BCUT2D eigenvalue weighted by molar-refractivity contribution is 5.87. The number of aromatic carboxylic acids is 2. The monoisotopic (exact) mass is 411 g/mol. The molecule has 6 N–H and O–H groups in total. The molecule has 1 saturated heterocycles. The van der Waals surface area contributed by atoms with Crippen LogP contribution in [-0.2, 0) is 4.74 Å². The molecule has 0 radical (unpaired) electrons. The van der Waals surface area contributed by atoms with Gasteiger partial charge in [0.2, 0.25) is 0 Å². The zero-order chi connectivity index (χ0) is 21.7. The van der Waals surface area contributed by atoms with E-state index in [0.29, 0.717) is 10.6 Å². The topological polar surface area (TPSA) is 212 Å². The highest BCUT2D eigenvalue weighted by Gasteiger charge is 2.44. The molecule has 3 rings (SSSR count). The summed E-state index contributed by atoms with van der Waals surface area (Å²) in [6, 6.07) is 3.73. The number of carboxylic acid groups (broad SMARTS) is 2. The first-order valence-electron chi connectivity index (χ1n) is 8.02. The molecule has 1 aliphatic heterocycles. The quantitative estimate of drug-likeness (QED) is 0.313. The van der Waals surface area contributed by atoms with Crippen molar-refractivity contribution in [1.29, 1.82) is 0 Å². The minimum absolute atomic E-state index is 0.220. The summed E-state index contributed by atoms with van der Waals surface area (Å²) in [6.45, 7) is -0.630. The average Bonchev–Trinajstić information content (AvgIpc) is 2.96. The average molecular weight is 411 g/mol. The van der Waals surface area contributed by atoms with Crippen molar-refractivity contribution in [2.75, 3.05) is 6.61 Å². The molecule has 0 spiro atoms. The van der Waals surface area contributed by atoms with E-state index in [1.807, 2.05) is 4.98 Å². The lowest BCUT2D eigenvalue weighted by Gasteiger charge is -2.19. The molecule has 29 heavy (non-hydrogen) atoms. The third-order valence-electron chi connectivity index (χ3n) is 3.88. The number of ether oxygens (including phenoxy) is 1. The minimum Gasteiger partial charge on any atom is -0.478 e. The van der Waals surface area contributed by atoms with Gasteiger partial charge in [-0.2, -0.15) is 0 Å². The van der Waals surface area contributed by atoms with Crippen LogP contribution in [0.3, 0.4) is 0 Å². The summed E-state index contributed by atoms with van der Waals surface area (Å²) in [5, 5.41) is 45.7. The second-order valence-corrected chi connectivity index (χ2v) is 5.77. The van der Waals surface area contributed by atoms with Crippen molar-refractivity contribution in [3.63, 3.8) is 0 Å². The molecule has 3 heterocycles. The maximum Gasteiger partial charge on any atom is 0.352 e. The molecule has 0 aromatic carbocycles. The molecule has 13 nitrogen and oxygen atoms in total. The predicted molar refractivity (Wildman–Crippen MR) is 92.5 cm³/mol. The van der Waals surface area contributed by atoms with Gasteiger partial charge in [-0.25, -0.2) is 14.4 Å². The van der Waals surface area contributed by atoms with E-state index in [1.165, 1.54) is 18.5 Å². The molecular formula is C16H17N3O10. The van der Waals surface area contributed by atoms with Gasteiger partial charge in [-0.1, -0.05) is 0 Å². The second-order valence-electron chi connectivity index (χ2n) is 5.77. The summed E-state index contributed by atoms with van der Waals surface area (Å²) in [4.78, 5) is 49.5. The highest BCUT2D eigenvalue weighted by atomic mass is 16.6. The van der Waals surface area contributed by atoms with E-state index in [9.17, 15) is 29.4 Å². The first-order chi connectivity index (χ1) is 13.7. The van der Waals surface area contributed by atoms with E-state index >= 15 is 0 Å². The molecular weight excluding hydrogens is 394 g/mol. The van der Waals surface area contributed by atoms with Gasteiger partial charge in [0.25, 0.3) is 5.56 Å². The van der Waals surface area contributed by atoms with Crippen molar-refractivity contribution < 1.29 is 39.9 Å². The number of aliphatic hydroxyl groups excluding tert-OH is 3. The molecule has 1 fully saturated rings. The van der Waals surface area contributed by atoms with Crippen LogP contribution in [0.2, 0.25) is 0 Å². The van der Waals surface area contributed by atoms with Crippen LogP contribution in [0.4, 0.5) is 0 Å². The zero-order valence-electron chi connectivity index (χ0n) is 14.6. The van der Waals surface area contributed by atoms with E-state index in [-0.39, 0.29) is 5.56 Å². The smallest absolute Gasteiger partial charge is 0.352 e. The largest absolute Gasteiger partial charge is 0.478 e. The van der Waals surface area contributed by atoms with Crippen molar-refractivity contribution in [1.82, 2.24) is 14.5 Å². The fourth-order valence-corrected chi connectivity index (χ4v) is 2.50. The van der Waals surface area contributed by atoms with E-state index in [4.69, 9.17) is 20.1 Å². The minimum atomic E-state index is -1.63. The molecule has 0 amide bonds. The molecule has 0 bridgehead atoms. The predicted octanol–water partition coefficient (Wildman–Crippen LogP) is -2.37. The van der Waals surface area contributed by atoms with Crippen LogP contribution >= 0.6 is 0 Å². The van der Waals surface area contributed by atoms with Gasteiger partial charge in [0.1, 0.15) is 24.0 Å². The summed E-state index contributed by atoms with van der Waals surface area (Å²) >= 11 is 0. The van der Waals surface area contributed by atoms with Gasteiger partial charge in [0.15, 0.2) is 6.23 Å². The number of nitrogens with one attached hydrogen (secondary N) is 1. The van der Waals surface area contributed by atoms with Gasteiger partial charge in [-0.05, 0) is 12.1 Å². The Hall–Kier alpha value is -3.39. The lowest BCUT2D eigenvalue weighted by molar-refractivity contribution is -0.0562. The number of aliphatic hydroxyl groups is 3. The molecule has 2 aromatic rings. The van der Waals surface area contributed by atoms with Gasteiger partial charge in [-0.15, -0.1) is 0 Å². The molecule has 2 aromatic heterocycles. The summed E-state index contributed by atoms with van der Waals surface area (Å²) in [7, 11) is 0. The van der Waals surface area contributed by atoms with Gasteiger partial charge >= 0.3 is 17.6 Å². The molecule has 0 saturated carbocycles. The van der Waals surface area contributed by atoms with Crippen LogP contribution in [0.1, 0.15) is 27.1 Å². The van der Waals surface area contributed by atoms with Crippen LogP contribution in [0, 0.1) is 0 Å². The number of rotatable bonds is 4. The molecule has 4 atom stereocenters. The van der Waals surface area contributed by atoms with Crippen molar-refractivity contribution in [3.8, 4) is 0 Å². The number of aromatic amines is 1. The molecule has 0 aliphatic carbocycles. The Morgan fingerprint density at radius 3 is 2.31 bits per heavy atom. The SMILES string of the molecule is O=C(O)c1cc(=O)[nH]c(=O)n1[C@@H]1O[C@H](CO)[C@@H](O)[C@H]1O.O=C(O)c1cccnc1. The zero-order valence-corrected chi connectivity index (χ0v) is 14.6. The number of hydrogen-bond acceptors (Lipinski definition) is 9. The Morgan fingerprint density at radius 1 is 1.17 bits per heavy atom. The third kappa shape index (κ3) is 4.91. The van der Waals surface area contributed by atoms with Gasteiger partial charge < -0.3 is 30.3 Å².